The van der Waals surface area contributed by atoms with E-state index >= 15 is 0 Å². The van der Waals surface area contributed by atoms with Crippen molar-refractivity contribution in [3.8, 4) is 10.4 Å². The molecule has 35 heavy (non-hydrogen) atoms. The average molecular weight is 490 g/mol. The molecule has 6 rings (SSSR count). The highest BCUT2D eigenvalue weighted by Gasteiger charge is 2.45. The number of nitrogens with one attached hydrogen (secondary N) is 1. The smallest absolute Gasteiger partial charge is 0.251 e. The van der Waals surface area contributed by atoms with Crippen LogP contribution in [0.15, 0.2) is 53.4 Å². The van der Waals surface area contributed by atoms with Crippen molar-refractivity contribution in [1.82, 2.24) is 15.1 Å². The minimum absolute atomic E-state index is 0.0440. The normalized spacial score (nSPS) is 28.6. The summed E-state index contributed by atoms with van der Waals surface area (Å²) in [5.41, 5.74) is 3.69. The summed E-state index contributed by atoms with van der Waals surface area (Å²) in [6.07, 6.45) is 13.2. The van der Waals surface area contributed by atoms with Gasteiger partial charge in [-0.15, -0.1) is 11.3 Å². The van der Waals surface area contributed by atoms with E-state index in [9.17, 15) is 4.79 Å². The third-order valence-electron chi connectivity index (χ3n) is 8.87. The first-order chi connectivity index (χ1) is 17.3. The van der Waals surface area contributed by atoms with Crippen LogP contribution in [0, 0.1) is 11.8 Å². The second-order valence-corrected chi connectivity index (χ2v) is 12.0. The van der Waals surface area contributed by atoms with E-state index in [1.165, 1.54) is 68.6 Å². The summed E-state index contributed by atoms with van der Waals surface area (Å²) in [6.45, 7) is 5.81. The number of piperidine rings is 3. The van der Waals surface area contributed by atoms with Crippen LogP contribution in [0.25, 0.3) is 10.4 Å². The molecule has 4 atom stereocenters. The lowest BCUT2D eigenvalue weighted by Gasteiger charge is -2.55. The molecule has 1 aromatic carbocycles. The zero-order valence-corrected chi connectivity index (χ0v) is 21.6. The van der Waals surface area contributed by atoms with Gasteiger partial charge >= 0.3 is 0 Å². The van der Waals surface area contributed by atoms with Gasteiger partial charge in [-0.3, -0.25) is 14.6 Å². The van der Waals surface area contributed by atoms with Crippen molar-refractivity contribution in [3.05, 3.63) is 59.0 Å². The van der Waals surface area contributed by atoms with Gasteiger partial charge in [0.1, 0.15) is 0 Å². The highest BCUT2D eigenvalue weighted by atomic mass is 32.1. The number of benzene rings is 1. The number of thiophene rings is 1. The minimum Gasteiger partial charge on any atom is -0.352 e. The maximum Gasteiger partial charge on any atom is 0.251 e. The zero-order chi connectivity index (χ0) is 23.6. The van der Waals surface area contributed by atoms with Crippen molar-refractivity contribution in [2.75, 3.05) is 32.7 Å². The van der Waals surface area contributed by atoms with Crippen LogP contribution in [0.4, 0.5) is 0 Å². The largest absolute Gasteiger partial charge is 0.352 e. The molecule has 4 aliphatic rings. The van der Waals surface area contributed by atoms with Gasteiger partial charge < -0.3 is 5.32 Å². The van der Waals surface area contributed by atoms with Gasteiger partial charge in [0, 0.05) is 35.6 Å². The molecule has 3 saturated heterocycles. The quantitative estimate of drug-likeness (QED) is 0.393. The Hall–Kier alpha value is -1.95. The van der Waals surface area contributed by atoms with E-state index in [0.717, 1.165) is 49.4 Å². The monoisotopic (exact) mass is 489 g/mol. The standard InChI is InChI=1S/C30H39N3OS/c34-30(23-12-10-22(11-13-23)28-9-6-18-35-28)31-14-2-4-15-32-17-5-7-24-19-25-20-26(29(24)32)21-33-16-3-1-8-27(25)33/h6,9-13,18-19,25-27,29H,1-5,7-8,14-17,20-21H2,(H,31,34)/t25-,26+,27+,29+/m0/s1. The second kappa shape index (κ2) is 10.6. The van der Waals surface area contributed by atoms with Gasteiger partial charge in [-0.1, -0.05) is 36.3 Å². The number of carbonyl (C=O) groups excluding carboxylic acids is 1. The summed E-state index contributed by atoms with van der Waals surface area (Å²) < 4.78 is 0. The summed E-state index contributed by atoms with van der Waals surface area (Å²) >= 11 is 1.73. The highest BCUT2D eigenvalue weighted by Crippen LogP contribution is 2.45. The highest BCUT2D eigenvalue weighted by molar-refractivity contribution is 7.13. The van der Waals surface area contributed by atoms with E-state index in [1.807, 2.05) is 24.3 Å². The number of amides is 1. The van der Waals surface area contributed by atoms with Crippen LogP contribution in [-0.2, 0) is 0 Å². The van der Waals surface area contributed by atoms with Gasteiger partial charge in [0.25, 0.3) is 5.91 Å². The molecule has 2 aromatic rings. The van der Waals surface area contributed by atoms with Gasteiger partial charge in [-0.2, -0.15) is 0 Å². The van der Waals surface area contributed by atoms with Gasteiger partial charge in [-0.05, 0) is 106 Å². The molecule has 5 heteroatoms. The molecule has 186 valence electrons. The fourth-order valence-electron chi connectivity index (χ4n) is 7.31. The molecular formula is C30H39N3OS. The molecule has 0 unspecified atom stereocenters. The maximum absolute atomic E-state index is 12.6. The van der Waals surface area contributed by atoms with Gasteiger partial charge in [0.05, 0.1) is 0 Å². The Bertz CT molecular complexity index is 1030. The molecule has 3 aliphatic heterocycles. The molecule has 0 spiro atoms. The van der Waals surface area contributed by atoms with Crippen molar-refractivity contribution in [1.29, 1.82) is 0 Å². The molecule has 2 bridgehead atoms. The van der Waals surface area contributed by atoms with E-state index in [1.54, 1.807) is 16.9 Å². The Balaban J connectivity index is 0.984. The zero-order valence-electron chi connectivity index (χ0n) is 20.8. The van der Waals surface area contributed by atoms with Crippen LogP contribution >= 0.6 is 11.3 Å². The predicted octanol–water partition coefficient (Wildman–Crippen LogP) is 5.82. The molecule has 0 saturated carbocycles. The van der Waals surface area contributed by atoms with Crippen molar-refractivity contribution in [2.24, 2.45) is 11.8 Å². The Morgan fingerprint density at radius 3 is 2.83 bits per heavy atom. The van der Waals surface area contributed by atoms with E-state index < -0.39 is 0 Å². The fraction of sp³-hybridized carbons (Fsp3) is 0.567. The second-order valence-electron chi connectivity index (χ2n) is 11.1. The van der Waals surface area contributed by atoms with Gasteiger partial charge in [0.2, 0.25) is 0 Å². The summed E-state index contributed by atoms with van der Waals surface area (Å²) in [5, 5.41) is 5.22. The Kier molecular flexibility index (Phi) is 7.09. The Morgan fingerprint density at radius 1 is 1.06 bits per heavy atom. The Labute approximate surface area is 214 Å². The summed E-state index contributed by atoms with van der Waals surface area (Å²) in [4.78, 5) is 19.5. The molecule has 4 nitrogen and oxygen atoms in total. The first kappa shape index (κ1) is 23.4. The van der Waals surface area contributed by atoms with Crippen molar-refractivity contribution >= 4 is 17.2 Å². The lowest BCUT2D eigenvalue weighted by Crippen LogP contribution is -2.59. The molecule has 4 heterocycles. The van der Waals surface area contributed by atoms with E-state index in [4.69, 9.17) is 0 Å². The Morgan fingerprint density at radius 2 is 1.97 bits per heavy atom. The number of nitrogens with zero attached hydrogens (tertiary/aromatic N) is 2. The van der Waals surface area contributed by atoms with Crippen LogP contribution in [0.2, 0.25) is 0 Å². The van der Waals surface area contributed by atoms with Crippen molar-refractivity contribution < 1.29 is 4.79 Å². The molecule has 1 aromatic heterocycles. The molecular weight excluding hydrogens is 450 g/mol. The minimum atomic E-state index is 0.0440. The summed E-state index contributed by atoms with van der Waals surface area (Å²) in [5.74, 6) is 1.68. The molecule has 1 amide bonds. The fourth-order valence-corrected chi connectivity index (χ4v) is 8.04. The summed E-state index contributed by atoms with van der Waals surface area (Å²) in [6, 6.07) is 13.7. The van der Waals surface area contributed by atoms with Crippen LogP contribution in [-0.4, -0.2) is 60.5 Å². The maximum atomic E-state index is 12.6. The van der Waals surface area contributed by atoms with Crippen LogP contribution in [0.1, 0.15) is 61.7 Å². The van der Waals surface area contributed by atoms with Crippen molar-refractivity contribution in [3.63, 3.8) is 0 Å². The molecule has 1 aliphatic carbocycles. The molecule has 1 N–H and O–H groups in total. The first-order valence-corrected chi connectivity index (χ1v) is 14.7. The SMILES string of the molecule is O=C(NCCCCN1CCCC2=C[C@H]3C[C@H](CN4CCCC[C@H]34)[C@@H]21)c1ccc(-c2cccs2)cc1. The lowest BCUT2D eigenvalue weighted by atomic mass is 9.68. The number of carbonyl (C=O) groups is 1. The molecule has 3 fully saturated rings. The van der Waals surface area contributed by atoms with E-state index in [-0.39, 0.29) is 5.91 Å². The predicted molar refractivity (Wildman–Crippen MR) is 145 cm³/mol. The van der Waals surface area contributed by atoms with E-state index in [0.29, 0.717) is 6.04 Å². The van der Waals surface area contributed by atoms with Gasteiger partial charge in [0.15, 0.2) is 0 Å². The van der Waals surface area contributed by atoms with Crippen LogP contribution < -0.4 is 5.32 Å². The lowest BCUT2D eigenvalue weighted by molar-refractivity contribution is -0.000934. The number of rotatable bonds is 7. The van der Waals surface area contributed by atoms with Crippen molar-refractivity contribution in [2.45, 2.75) is 63.5 Å². The number of hydrogen-bond acceptors (Lipinski definition) is 4. The third kappa shape index (κ3) is 5.00. The molecule has 0 radical (unpaired) electrons. The number of unbranched alkanes of at least 4 members (excludes halogenated alkanes) is 1. The number of fused-ring (bicyclic) bond motifs is 6. The van der Waals surface area contributed by atoms with E-state index in [2.05, 4.69) is 38.7 Å². The first-order valence-electron chi connectivity index (χ1n) is 13.9. The van der Waals surface area contributed by atoms with Gasteiger partial charge in [-0.25, -0.2) is 0 Å². The number of likely N-dealkylation sites (tertiary alicyclic amines) is 1. The topological polar surface area (TPSA) is 35.6 Å². The number of hydrogen-bond donors (Lipinski definition) is 1. The summed E-state index contributed by atoms with van der Waals surface area (Å²) in [7, 11) is 0. The van der Waals surface area contributed by atoms with Crippen LogP contribution in [0.3, 0.4) is 0 Å². The third-order valence-corrected chi connectivity index (χ3v) is 9.79. The van der Waals surface area contributed by atoms with Crippen LogP contribution in [0.5, 0.6) is 0 Å². The average Bonchev–Trinajstić information content (AvgIpc) is 3.44.